The predicted octanol–water partition coefficient (Wildman–Crippen LogP) is 1.05. The molecular formula is C10H10F3N3O3. The second kappa shape index (κ2) is 4.25. The standard InChI is InChI=1S/C10H10F3N3O3/c1-5-7-6(8(17)18)4-14-16(7)3-2-15(5)9(19)10(11,12)13/h4-5H,2-3H2,1H3,(H,17,18). The lowest BCUT2D eigenvalue weighted by Crippen LogP contribution is -2.47. The molecule has 0 aromatic carbocycles. The van der Waals surface area contributed by atoms with E-state index in [0.717, 1.165) is 6.20 Å². The van der Waals surface area contributed by atoms with Crippen LogP contribution in [0.2, 0.25) is 0 Å². The predicted molar refractivity (Wildman–Crippen MR) is 55.4 cm³/mol. The van der Waals surface area contributed by atoms with Gasteiger partial charge in [0.05, 0.1) is 24.5 Å². The second-order valence-corrected chi connectivity index (χ2v) is 4.14. The number of alkyl halides is 3. The molecule has 0 bridgehead atoms. The number of aromatic carboxylic acids is 1. The van der Waals surface area contributed by atoms with Gasteiger partial charge in [-0.1, -0.05) is 0 Å². The molecule has 0 radical (unpaired) electrons. The highest BCUT2D eigenvalue weighted by Gasteiger charge is 2.46. The summed E-state index contributed by atoms with van der Waals surface area (Å²) in [6.45, 7) is 1.23. The Kier molecular flexibility index (Phi) is 2.99. The summed E-state index contributed by atoms with van der Waals surface area (Å²) in [7, 11) is 0. The highest BCUT2D eigenvalue weighted by molar-refractivity contribution is 5.89. The summed E-state index contributed by atoms with van der Waals surface area (Å²) in [6, 6.07) is -0.989. The molecule has 1 aliphatic heterocycles. The van der Waals surface area contributed by atoms with Crippen LogP contribution in [0.4, 0.5) is 13.2 Å². The van der Waals surface area contributed by atoms with Gasteiger partial charge in [-0.05, 0) is 6.92 Å². The maximum absolute atomic E-state index is 12.4. The highest BCUT2D eigenvalue weighted by atomic mass is 19.4. The Bertz CT molecular complexity index is 538. The van der Waals surface area contributed by atoms with E-state index < -0.39 is 24.1 Å². The van der Waals surface area contributed by atoms with E-state index in [1.165, 1.54) is 11.6 Å². The van der Waals surface area contributed by atoms with E-state index in [1.54, 1.807) is 0 Å². The smallest absolute Gasteiger partial charge is 0.471 e. The first-order chi connectivity index (χ1) is 8.73. The number of aromatic nitrogens is 2. The molecule has 6 nitrogen and oxygen atoms in total. The first-order valence-electron chi connectivity index (χ1n) is 5.40. The molecule has 2 rings (SSSR count). The molecule has 1 N–H and O–H groups in total. The number of carboxylic acids is 1. The van der Waals surface area contributed by atoms with Gasteiger partial charge in [0.15, 0.2) is 0 Å². The molecule has 2 heterocycles. The molecule has 1 unspecified atom stereocenters. The fourth-order valence-electron chi connectivity index (χ4n) is 2.16. The maximum Gasteiger partial charge on any atom is 0.471 e. The van der Waals surface area contributed by atoms with Gasteiger partial charge in [0.1, 0.15) is 5.56 Å². The number of hydrogen-bond acceptors (Lipinski definition) is 3. The van der Waals surface area contributed by atoms with Crippen LogP contribution in [-0.2, 0) is 11.3 Å². The highest BCUT2D eigenvalue weighted by Crippen LogP contribution is 2.31. The van der Waals surface area contributed by atoms with E-state index in [4.69, 9.17) is 5.11 Å². The van der Waals surface area contributed by atoms with Crippen molar-refractivity contribution < 1.29 is 27.9 Å². The zero-order valence-corrected chi connectivity index (χ0v) is 9.81. The third-order valence-corrected chi connectivity index (χ3v) is 3.03. The van der Waals surface area contributed by atoms with Crippen LogP contribution in [0.5, 0.6) is 0 Å². The first-order valence-corrected chi connectivity index (χ1v) is 5.40. The average molecular weight is 277 g/mol. The Morgan fingerprint density at radius 3 is 2.58 bits per heavy atom. The van der Waals surface area contributed by atoms with Gasteiger partial charge in [0.2, 0.25) is 0 Å². The minimum absolute atomic E-state index is 0.0365. The van der Waals surface area contributed by atoms with Crippen LogP contribution in [0, 0.1) is 0 Å². The number of halogens is 3. The van der Waals surface area contributed by atoms with E-state index in [0.29, 0.717) is 4.90 Å². The zero-order chi connectivity index (χ0) is 14.4. The van der Waals surface area contributed by atoms with Crippen LogP contribution in [0.15, 0.2) is 6.20 Å². The Morgan fingerprint density at radius 2 is 2.05 bits per heavy atom. The van der Waals surface area contributed by atoms with Gasteiger partial charge >= 0.3 is 18.1 Å². The molecule has 0 saturated heterocycles. The summed E-state index contributed by atoms with van der Waals surface area (Å²) in [6.07, 6.45) is -3.89. The SMILES string of the molecule is CC1c2c(C(=O)O)cnn2CCN1C(=O)C(F)(F)F. The summed E-state index contributed by atoms with van der Waals surface area (Å²) in [5, 5.41) is 12.8. The van der Waals surface area contributed by atoms with Crippen LogP contribution < -0.4 is 0 Å². The first kappa shape index (κ1) is 13.4. The summed E-state index contributed by atoms with van der Waals surface area (Å²) in [5.41, 5.74) is -0.0801. The molecule has 19 heavy (non-hydrogen) atoms. The number of carbonyl (C=O) groups is 2. The fourth-order valence-corrected chi connectivity index (χ4v) is 2.16. The van der Waals surface area contributed by atoms with Crippen molar-refractivity contribution in [1.82, 2.24) is 14.7 Å². The number of nitrogens with zero attached hydrogens (tertiary/aromatic N) is 3. The van der Waals surface area contributed by atoms with E-state index in [-0.39, 0.29) is 24.3 Å². The van der Waals surface area contributed by atoms with Crippen molar-refractivity contribution in [3.8, 4) is 0 Å². The minimum atomic E-state index is -4.97. The van der Waals surface area contributed by atoms with Gasteiger partial charge in [-0.25, -0.2) is 4.79 Å². The monoisotopic (exact) mass is 277 g/mol. The molecule has 1 amide bonds. The molecule has 0 aliphatic carbocycles. The third kappa shape index (κ3) is 2.15. The molecule has 1 aromatic heterocycles. The van der Waals surface area contributed by atoms with Crippen molar-refractivity contribution in [2.45, 2.75) is 25.7 Å². The van der Waals surface area contributed by atoms with Crippen molar-refractivity contribution in [2.24, 2.45) is 0 Å². The lowest BCUT2D eigenvalue weighted by atomic mass is 10.1. The van der Waals surface area contributed by atoms with E-state index in [9.17, 15) is 22.8 Å². The molecule has 1 aliphatic rings. The number of carboxylic acid groups (broad SMARTS) is 1. The van der Waals surface area contributed by atoms with Crippen LogP contribution in [0.3, 0.4) is 0 Å². The molecule has 9 heteroatoms. The van der Waals surface area contributed by atoms with Crippen LogP contribution in [0.25, 0.3) is 0 Å². The van der Waals surface area contributed by atoms with E-state index >= 15 is 0 Å². The fraction of sp³-hybridized carbons (Fsp3) is 0.500. The Morgan fingerprint density at radius 1 is 1.42 bits per heavy atom. The van der Waals surface area contributed by atoms with Gasteiger partial charge in [-0.2, -0.15) is 18.3 Å². The van der Waals surface area contributed by atoms with Gasteiger partial charge in [-0.15, -0.1) is 0 Å². The van der Waals surface area contributed by atoms with Crippen LogP contribution in [0.1, 0.15) is 29.0 Å². The Balaban J connectivity index is 2.38. The Labute approximate surface area is 105 Å². The number of fused-ring (bicyclic) bond motifs is 1. The third-order valence-electron chi connectivity index (χ3n) is 3.03. The van der Waals surface area contributed by atoms with Crippen molar-refractivity contribution in [3.05, 3.63) is 17.5 Å². The molecule has 104 valence electrons. The normalized spacial score (nSPS) is 19.2. The van der Waals surface area contributed by atoms with E-state index in [1.807, 2.05) is 0 Å². The number of rotatable bonds is 1. The van der Waals surface area contributed by atoms with E-state index in [2.05, 4.69) is 5.10 Å². The summed E-state index contributed by atoms with van der Waals surface area (Å²) < 4.78 is 38.6. The largest absolute Gasteiger partial charge is 0.478 e. The summed E-state index contributed by atoms with van der Waals surface area (Å²) in [5.74, 6) is -3.25. The maximum atomic E-state index is 12.4. The van der Waals surface area contributed by atoms with Gasteiger partial charge < -0.3 is 10.0 Å². The van der Waals surface area contributed by atoms with Crippen molar-refractivity contribution >= 4 is 11.9 Å². The molecule has 0 spiro atoms. The Hall–Kier alpha value is -2.06. The molecule has 1 atom stereocenters. The lowest BCUT2D eigenvalue weighted by molar-refractivity contribution is -0.188. The average Bonchev–Trinajstić information content (AvgIpc) is 2.72. The summed E-state index contributed by atoms with van der Waals surface area (Å²) >= 11 is 0. The van der Waals surface area contributed by atoms with Gasteiger partial charge in [0, 0.05) is 6.54 Å². The number of carbonyl (C=O) groups excluding carboxylic acids is 1. The van der Waals surface area contributed by atoms with Gasteiger partial charge in [-0.3, -0.25) is 9.48 Å². The van der Waals surface area contributed by atoms with Gasteiger partial charge in [0.25, 0.3) is 0 Å². The molecule has 0 fully saturated rings. The number of amides is 1. The number of hydrogen-bond donors (Lipinski definition) is 1. The van der Waals surface area contributed by atoms with Crippen LogP contribution in [-0.4, -0.2) is 44.4 Å². The van der Waals surface area contributed by atoms with Crippen molar-refractivity contribution in [3.63, 3.8) is 0 Å². The van der Waals surface area contributed by atoms with Crippen molar-refractivity contribution in [1.29, 1.82) is 0 Å². The van der Waals surface area contributed by atoms with Crippen LogP contribution >= 0.6 is 0 Å². The zero-order valence-electron chi connectivity index (χ0n) is 9.81. The minimum Gasteiger partial charge on any atom is -0.478 e. The lowest BCUT2D eigenvalue weighted by Gasteiger charge is -2.34. The topological polar surface area (TPSA) is 75.4 Å². The quantitative estimate of drug-likeness (QED) is 0.832. The molecular weight excluding hydrogens is 267 g/mol. The molecule has 1 aromatic rings. The molecule has 0 saturated carbocycles. The second-order valence-electron chi connectivity index (χ2n) is 4.14. The van der Waals surface area contributed by atoms with Crippen molar-refractivity contribution in [2.75, 3.05) is 6.54 Å². The summed E-state index contributed by atoms with van der Waals surface area (Å²) in [4.78, 5) is 22.9.